The Bertz CT molecular complexity index is 1090. The van der Waals surface area contributed by atoms with E-state index in [0.29, 0.717) is 0 Å². The fourth-order valence-corrected chi connectivity index (χ4v) is 10.8. The smallest absolute Gasteiger partial charge is 0.119 e. The van der Waals surface area contributed by atoms with Gasteiger partial charge in [-0.25, -0.2) is 12.9 Å². The van der Waals surface area contributed by atoms with Crippen LogP contribution in [-0.4, -0.2) is 41.0 Å². The molecule has 410 valence electrons. The summed E-state index contributed by atoms with van der Waals surface area (Å²) in [6.45, 7) is 7.03. The number of allylic oxidation sites excluding steroid dienone is 3. The maximum atomic E-state index is 11.8. The van der Waals surface area contributed by atoms with Gasteiger partial charge in [0.1, 0.15) is 31.2 Å². The molecule has 6 heteroatoms. The fraction of sp³-hybridized carbons (Fsp3) is 0.905. The number of hydrogen-bond donors (Lipinski definition) is 1. The van der Waals surface area contributed by atoms with Gasteiger partial charge < -0.3 is 9.66 Å². The Morgan fingerprint density at radius 2 is 0.507 bits per heavy atom. The second kappa shape index (κ2) is 54.8. The third kappa shape index (κ3) is 54.7. The van der Waals surface area contributed by atoms with Gasteiger partial charge in [-0.1, -0.05) is 310 Å². The van der Waals surface area contributed by atoms with Crippen LogP contribution in [0.3, 0.4) is 0 Å². The Hall–Kier alpha value is -0.950. The molecule has 0 rings (SSSR count). The molecule has 0 aromatic rings. The minimum atomic E-state index is -4.54. The Balaban J connectivity index is 4.96. The van der Waals surface area contributed by atoms with E-state index in [9.17, 15) is 18.1 Å². The zero-order chi connectivity index (χ0) is 50.3. The van der Waals surface area contributed by atoms with E-state index in [0.717, 1.165) is 38.5 Å². The first-order chi connectivity index (χ1) is 33.8. The van der Waals surface area contributed by atoms with Crippen LogP contribution in [-0.2, 0) is 10.1 Å². The van der Waals surface area contributed by atoms with Gasteiger partial charge in [0.2, 0.25) is 0 Å². The van der Waals surface area contributed by atoms with Gasteiger partial charge in [-0.3, -0.25) is 0 Å². The standard InChI is InChI=1S/C63H123NO4S/c1-4-7-10-13-16-19-22-25-28-31-34-37-40-43-46-49-52-55-58-64(61-63(65)62-69(66,67)68,59-56-53-50-47-44-41-38-35-32-29-26-23-20-17-14-11-8-5-2)60-57-54-51-48-45-42-39-36-33-30-27-24-21-18-15-12-9-6-3/h55-60,63,65H,4-54,61-62H2,1-3H3/b58-55+,59-56+,60-57+. The lowest BCUT2D eigenvalue weighted by Crippen LogP contribution is -2.41. The van der Waals surface area contributed by atoms with E-state index in [4.69, 9.17) is 0 Å². The van der Waals surface area contributed by atoms with E-state index in [1.165, 1.54) is 289 Å². The number of hydrogen-bond acceptors (Lipinski definition) is 4. The van der Waals surface area contributed by atoms with Crippen LogP contribution >= 0.6 is 0 Å². The quantitative estimate of drug-likeness (QED) is 0.0374. The van der Waals surface area contributed by atoms with Gasteiger partial charge in [0.05, 0.1) is 15.9 Å². The first-order valence-corrected chi connectivity index (χ1v) is 32.9. The number of rotatable bonds is 58. The van der Waals surface area contributed by atoms with Crippen LogP contribution in [0.2, 0.25) is 0 Å². The van der Waals surface area contributed by atoms with E-state index in [1.807, 2.05) is 0 Å². The molecule has 0 aromatic carbocycles. The SMILES string of the molecule is CCCCCCCCCCCCCCCCCC/C=C/[N+](/C=C/CCCCCCCCCCCCCCCCCC)(/C=C/CCCCCCCCCCCCCCCCCC)CC(O)CS(=O)(=O)[O-]. The Morgan fingerprint density at radius 3 is 0.681 bits per heavy atom. The summed E-state index contributed by atoms with van der Waals surface area (Å²) in [4.78, 5) is 0. The molecular weight excluding hydrogens is 867 g/mol. The molecule has 1 atom stereocenters. The van der Waals surface area contributed by atoms with Crippen molar-refractivity contribution in [2.75, 3.05) is 12.3 Å². The van der Waals surface area contributed by atoms with Gasteiger partial charge in [-0.15, -0.1) is 0 Å². The van der Waals surface area contributed by atoms with E-state index in [2.05, 4.69) is 57.6 Å². The van der Waals surface area contributed by atoms with E-state index in [-0.39, 0.29) is 11.0 Å². The summed E-state index contributed by atoms with van der Waals surface area (Å²) in [5, 5.41) is 11.0. The van der Waals surface area contributed by atoms with E-state index in [1.54, 1.807) is 0 Å². The summed E-state index contributed by atoms with van der Waals surface area (Å²) in [6.07, 6.45) is 80.0. The van der Waals surface area contributed by atoms with Gasteiger partial charge in [0, 0.05) is 0 Å². The number of unbranched alkanes of at least 4 members (excludes halogenated alkanes) is 48. The lowest BCUT2D eigenvalue weighted by Gasteiger charge is -2.29. The van der Waals surface area contributed by atoms with Gasteiger partial charge in [0.15, 0.2) is 0 Å². The van der Waals surface area contributed by atoms with E-state index < -0.39 is 22.0 Å². The average molecular weight is 991 g/mol. The Labute approximate surface area is 434 Å². The van der Waals surface area contributed by atoms with Crippen LogP contribution in [0.15, 0.2) is 36.8 Å². The van der Waals surface area contributed by atoms with Crippen LogP contribution in [0.4, 0.5) is 0 Å². The lowest BCUT2D eigenvalue weighted by molar-refractivity contribution is -0.777. The largest absolute Gasteiger partial charge is 0.748 e. The summed E-state index contributed by atoms with van der Waals surface area (Å²) in [7, 11) is -4.54. The van der Waals surface area contributed by atoms with Crippen LogP contribution in [0.1, 0.15) is 348 Å². The second-order valence-electron chi connectivity index (χ2n) is 22.0. The van der Waals surface area contributed by atoms with Crippen LogP contribution in [0, 0.1) is 0 Å². The molecule has 1 N–H and O–H groups in total. The maximum Gasteiger partial charge on any atom is 0.119 e. The predicted molar refractivity (Wildman–Crippen MR) is 306 cm³/mol. The molecule has 69 heavy (non-hydrogen) atoms. The van der Waals surface area contributed by atoms with Crippen molar-refractivity contribution < 1.29 is 22.6 Å². The highest BCUT2D eigenvalue weighted by Gasteiger charge is 2.25. The minimum Gasteiger partial charge on any atom is -0.748 e. The molecule has 0 amide bonds. The molecule has 0 saturated carbocycles. The van der Waals surface area contributed by atoms with Gasteiger partial charge in [-0.05, 0) is 56.8 Å². The number of aliphatic hydroxyl groups excluding tert-OH is 1. The summed E-state index contributed by atoms with van der Waals surface area (Å²) >= 11 is 0. The molecule has 0 aliphatic carbocycles. The second-order valence-corrected chi connectivity index (χ2v) is 23.4. The summed E-state index contributed by atoms with van der Waals surface area (Å²) in [6, 6.07) is 0. The summed E-state index contributed by atoms with van der Waals surface area (Å²) < 4.78 is 35.5. The van der Waals surface area contributed by atoms with Crippen molar-refractivity contribution in [1.82, 2.24) is 0 Å². The van der Waals surface area contributed by atoms with Crippen molar-refractivity contribution in [2.24, 2.45) is 0 Å². The van der Waals surface area contributed by atoms with E-state index >= 15 is 0 Å². The van der Waals surface area contributed by atoms with Crippen LogP contribution in [0.25, 0.3) is 0 Å². The third-order valence-corrected chi connectivity index (χ3v) is 15.5. The van der Waals surface area contributed by atoms with Gasteiger partial charge >= 0.3 is 0 Å². The average Bonchev–Trinajstić information content (AvgIpc) is 3.32. The molecule has 0 saturated heterocycles. The zero-order valence-electron chi connectivity index (χ0n) is 47.0. The molecule has 0 fully saturated rings. The molecule has 0 spiro atoms. The molecule has 0 heterocycles. The third-order valence-electron chi connectivity index (χ3n) is 14.7. The molecule has 1 unspecified atom stereocenters. The molecule has 0 radical (unpaired) electrons. The van der Waals surface area contributed by atoms with Crippen molar-refractivity contribution in [2.45, 2.75) is 354 Å². The molecule has 5 nitrogen and oxygen atoms in total. The number of nitrogens with zero attached hydrogens (tertiary/aromatic N) is 1. The van der Waals surface area contributed by atoms with Crippen molar-refractivity contribution in [3.05, 3.63) is 36.8 Å². The van der Waals surface area contributed by atoms with Crippen molar-refractivity contribution in [1.29, 1.82) is 0 Å². The summed E-state index contributed by atoms with van der Waals surface area (Å²) in [5.41, 5.74) is 0. The van der Waals surface area contributed by atoms with Gasteiger partial charge in [-0.2, -0.15) is 0 Å². The highest BCUT2D eigenvalue weighted by Crippen LogP contribution is 2.21. The highest BCUT2D eigenvalue weighted by molar-refractivity contribution is 7.85. The molecular formula is C63H123NO4S. The van der Waals surface area contributed by atoms with Crippen molar-refractivity contribution >= 4 is 10.1 Å². The van der Waals surface area contributed by atoms with Crippen LogP contribution in [0.5, 0.6) is 0 Å². The monoisotopic (exact) mass is 990 g/mol. The minimum absolute atomic E-state index is 0.155. The highest BCUT2D eigenvalue weighted by atomic mass is 32.2. The lowest BCUT2D eigenvalue weighted by atomic mass is 10.0. The number of aliphatic hydroxyl groups is 1. The molecule has 0 aliphatic rings. The summed E-state index contributed by atoms with van der Waals surface area (Å²) in [5.74, 6) is -0.750. The molecule has 0 aromatic heterocycles. The molecule has 0 aliphatic heterocycles. The Kier molecular flexibility index (Phi) is 54.1. The van der Waals surface area contributed by atoms with Crippen LogP contribution < -0.4 is 0 Å². The Morgan fingerprint density at radius 1 is 0.333 bits per heavy atom. The van der Waals surface area contributed by atoms with Crippen molar-refractivity contribution in [3.8, 4) is 0 Å². The van der Waals surface area contributed by atoms with Gasteiger partial charge in [0.25, 0.3) is 0 Å². The first kappa shape index (κ1) is 68.0. The zero-order valence-corrected chi connectivity index (χ0v) is 47.9. The number of quaternary nitrogens is 1. The first-order valence-electron chi connectivity index (χ1n) is 31.3. The maximum absolute atomic E-state index is 11.8. The topological polar surface area (TPSA) is 77.4 Å². The molecule has 0 bridgehead atoms. The predicted octanol–water partition coefficient (Wildman–Crippen LogP) is 21.2. The normalized spacial score (nSPS) is 13.1. The van der Waals surface area contributed by atoms with Crippen molar-refractivity contribution in [3.63, 3.8) is 0 Å². The fourth-order valence-electron chi connectivity index (χ4n) is 10.2.